The molecule has 38 heavy (non-hydrogen) atoms. The fourth-order valence-corrected chi connectivity index (χ4v) is 7.07. The van der Waals surface area contributed by atoms with Gasteiger partial charge in [-0.25, -0.2) is 9.79 Å². The van der Waals surface area contributed by atoms with E-state index in [2.05, 4.69) is 24.8 Å². The number of aliphatic carboxylic acids is 1. The van der Waals surface area contributed by atoms with E-state index in [0.29, 0.717) is 29.5 Å². The Morgan fingerprint density at radius 2 is 2.18 bits per heavy atom. The minimum absolute atomic E-state index is 0.0484. The van der Waals surface area contributed by atoms with Crippen LogP contribution in [0.25, 0.3) is 0 Å². The topological polar surface area (TPSA) is 226 Å². The van der Waals surface area contributed by atoms with Crippen molar-refractivity contribution in [1.29, 1.82) is 5.41 Å². The molecular weight excluding hydrogens is 556 g/mol. The minimum atomic E-state index is -1.24. The van der Waals surface area contributed by atoms with E-state index in [0.717, 1.165) is 18.0 Å². The predicted octanol–water partition coefficient (Wildman–Crippen LogP) is -0.324. The largest absolute Gasteiger partial charge is 0.477 e. The van der Waals surface area contributed by atoms with Crippen LogP contribution in [0.2, 0.25) is 0 Å². The lowest BCUT2D eigenvalue weighted by atomic mass is 10.0. The monoisotopic (exact) mass is 582 g/mol. The number of carbonyl (C=O) groups excluding carboxylic acids is 2. The van der Waals surface area contributed by atoms with Crippen molar-refractivity contribution in [2.45, 2.75) is 37.3 Å². The number of β-lactam (4-membered cyclic amide) rings is 1. The molecule has 15 nitrogen and oxygen atoms in total. The highest BCUT2D eigenvalue weighted by Crippen LogP contribution is 2.41. The molecule has 3 aliphatic rings. The molecule has 1 fully saturated rings. The van der Waals surface area contributed by atoms with Crippen molar-refractivity contribution in [2.24, 2.45) is 15.9 Å². The average molecular weight is 583 g/mol. The van der Waals surface area contributed by atoms with Crippen LogP contribution in [0.3, 0.4) is 0 Å². The summed E-state index contributed by atoms with van der Waals surface area (Å²) in [5.74, 6) is -1.87. The summed E-state index contributed by atoms with van der Waals surface area (Å²) in [7, 11) is 1.25. The average Bonchev–Trinajstić information content (AvgIpc) is 3.31. The van der Waals surface area contributed by atoms with Gasteiger partial charge in [-0.2, -0.15) is 9.36 Å². The summed E-state index contributed by atoms with van der Waals surface area (Å²) < 4.78 is 3.95. The third-order valence-electron chi connectivity index (χ3n) is 5.71. The van der Waals surface area contributed by atoms with Gasteiger partial charge in [0, 0.05) is 36.0 Å². The predicted molar refractivity (Wildman–Crippen MR) is 145 cm³/mol. The van der Waals surface area contributed by atoms with Crippen LogP contribution >= 0.6 is 35.1 Å². The number of aliphatic imine (C=N–C) groups is 1. The van der Waals surface area contributed by atoms with Crippen molar-refractivity contribution in [1.82, 2.24) is 24.5 Å². The number of carboxylic acid groups (broad SMARTS) is 1. The highest BCUT2D eigenvalue weighted by molar-refractivity contribution is 8.14. The number of rotatable bonds is 9. The second-order valence-electron chi connectivity index (χ2n) is 8.29. The number of carbonyl (C=O) groups is 3. The molecule has 18 heteroatoms. The van der Waals surface area contributed by atoms with Crippen molar-refractivity contribution in [3.05, 3.63) is 17.1 Å². The van der Waals surface area contributed by atoms with Crippen LogP contribution in [-0.4, -0.2) is 102 Å². The van der Waals surface area contributed by atoms with Crippen LogP contribution in [0.4, 0.5) is 5.13 Å². The first-order valence-corrected chi connectivity index (χ1v) is 14.2. The lowest BCUT2D eigenvalue weighted by molar-refractivity contribution is -0.150. The summed E-state index contributed by atoms with van der Waals surface area (Å²) >= 11 is 3.50. The summed E-state index contributed by atoms with van der Waals surface area (Å²) in [5.41, 5.74) is 11.9. The Bertz CT molecular complexity index is 1250. The number of nitrogens with two attached hydrogens (primary N) is 2. The number of amides is 2. The zero-order chi connectivity index (χ0) is 27.6. The number of amidine groups is 2. The van der Waals surface area contributed by atoms with Gasteiger partial charge in [-0.3, -0.25) is 19.9 Å². The van der Waals surface area contributed by atoms with Gasteiger partial charge in [0.25, 0.3) is 11.8 Å². The molecule has 3 aliphatic heterocycles. The molecule has 0 spiro atoms. The molecule has 4 heterocycles. The molecule has 204 valence electrons. The summed E-state index contributed by atoms with van der Waals surface area (Å²) in [4.78, 5) is 54.2. The maximum atomic E-state index is 13.0. The quantitative estimate of drug-likeness (QED) is 0.143. The Hall–Kier alpha value is -3.22. The van der Waals surface area contributed by atoms with Crippen LogP contribution in [-0.2, 0) is 19.2 Å². The Morgan fingerprint density at radius 3 is 2.82 bits per heavy atom. The fraction of sp³-hybridized carbons (Fsp3) is 0.500. The number of hydrogen-bond acceptors (Lipinski definition) is 14. The number of anilines is 1. The van der Waals surface area contributed by atoms with E-state index in [1.807, 2.05) is 11.8 Å². The fourth-order valence-electron chi connectivity index (χ4n) is 4.06. The second-order valence-corrected chi connectivity index (χ2v) is 11.1. The molecule has 1 saturated heterocycles. The smallest absolute Gasteiger partial charge is 0.352 e. The third kappa shape index (κ3) is 5.47. The molecule has 1 aromatic rings. The number of nitrogens with zero attached hydrogens (tertiary/aromatic N) is 6. The standard InChI is InChI=1S/C20H26N10O5S3/c1-3-4-29-10(22)5-9(21)24-20(29)37-7-8-6-36-17-12(16(32)30(17)13(8)18(33)34)25-15(31)11(27-35-2)14-26-19(23)38-28-14/h10,12,17,21H,3-7,22H2,1-2H3,(H,25,31)(H,33,34)(H2,23,26,28)/t10?,12?,17-/m0/s1. The van der Waals surface area contributed by atoms with Crippen LogP contribution in [0.1, 0.15) is 25.6 Å². The third-order valence-corrected chi connectivity index (χ3v) is 8.67. The van der Waals surface area contributed by atoms with E-state index in [4.69, 9.17) is 21.7 Å². The van der Waals surface area contributed by atoms with E-state index in [9.17, 15) is 19.5 Å². The Labute approximate surface area is 229 Å². The van der Waals surface area contributed by atoms with E-state index >= 15 is 0 Å². The molecule has 7 N–H and O–H groups in total. The van der Waals surface area contributed by atoms with Gasteiger partial charge in [0.15, 0.2) is 10.3 Å². The van der Waals surface area contributed by atoms with Gasteiger partial charge in [0.1, 0.15) is 30.1 Å². The van der Waals surface area contributed by atoms with Gasteiger partial charge in [-0.1, -0.05) is 23.8 Å². The molecule has 0 aliphatic carbocycles. The molecule has 0 saturated carbocycles. The van der Waals surface area contributed by atoms with Gasteiger partial charge in [-0.05, 0) is 12.0 Å². The number of thioether (sulfide) groups is 2. The van der Waals surface area contributed by atoms with Gasteiger partial charge in [-0.15, -0.1) is 11.8 Å². The van der Waals surface area contributed by atoms with E-state index < -0.39 is 29.2 Å². The number of nitrogens with one attached hydrogen (secondary N) is 2. The molecule has 0 bridgehead atoms. The highest BCUT2D eigenvalue weighted by atomic mass is 32.2. The van der Waals surface area contributed by atoms with Crippen molar-refractivity contribution in [2.75, 3.05) is 30.9 Å². The van der Waals surface area contributed by atoms with Crippen LogP contribution in [0.15, 0.2) is 21.4 Å². The zero-order valence-electron chi connectivity index (χ0n) is 20.4. The Balaban J connectivity index is 1.49. The SMILES string of the molecule is CCCN1C(SCC2=C(C(=O)O)N3C(=O)C(NC(=O)C(=NOC)c4nsc(N)n4)[C@@H]3SC2)=NC(=N)CC1N. The summed E-state index contributed by atoms with van der Waals surface area (Å²) in [5, 5.41) is 24.2. The molecule has 0 radical (unpaired) electrons. The zero-order valence-corrected chi connectivity index (χ0v) is 22.9. The van der Waals surface area contributed by atoms with Gasteiger partial charge < -0.3 is 31.6 Å². The number of fused-ring (bicyclic) bond motifs is 1. The lowest BCUT2D eigenvalue weighted by Gasteiger charge is -2.49. The van der Waals surface area contributed by atoms with Crippen molar-refractivity contribution in [3.63, 3.8) is 0 Å². The van der Waals surface area contributed by atoms with Crippen molar-refractivity contribution >= 4 is 74.7 Å². The van der Waals surface area contributed by atoms with Crippen molar-refractivity contribution < 1.29 is 24.3 Å². The van der Waals surface area contributed by atoms with Crippen LogP contribution in [0.5, 0.6) is 0 Å². The number of oxime groups is 1. The number of hydrogen-bond donors (Lipinski definition) is 5. The van der Waals surface area contributed by atoms with E-state index in [1.54, 1.807) is 0 Å². The number of carboxylic acids is 1. The molecular formula is C20H26N10O5S3. The van der Waals surface area contributed by atoms with Gasteiger partial charge >= 0.3 is 5.97 Å². The highest BCUT2D eigenvalue weighted by Gasteiger charge is 2.54. The first-order valence-electron chi connectivity index (χ1n) is 11.4. The lowest BCUT2D eigenvalue weighted by Crippen LogP contribution is -2.71. The number of nitrogen functional groups attached to an aromatic ring is 1. The Morgan fingerprint density at radius 1 is 1.42 bits per heavy atom. The van der Waals surface area contributed by atoms with Crippen LogP contribution < -0.4 is 16.8 Å². The van der Waals surface area contributed by atoms with E-state index in [1.165, 1.54) is 35.5 Å². The maximum Gasteiger partial charge on any atom is 0.352 e. The van der Waals surface area contributed by atoms with Crippen molar-refractivity contribution in [3.8, 4) is 0 Å². The van der Waals surface area contributed by atoms with Gasteiger partial charge in [0.2, 0.25) is 11.5 Å². The minimum Gasteiger partial charge on any atom is -0.477 e. The summed E-state index contributed by atoms with van der Waals surface area (Å²) in [6.07, 6.45) is 0.798. The first-order chi connectivity index (χ1) is 18.2. The number of aromatic nitrogens is 2. The molecule has 3 atom stereocenters. The van der Waals surface area contributed by atoms with Crippen LogP contribution in [0, 0.1) is 5.41 Å². The first kappa shape index (κ1) is 27.8. The molecule has 2 amide bonds. The molecule has 0 aromatic carbocycles. The summed E-state index contributed by atoms with van der Waals surface area (Å²) in [6, 6.07) is -0.977. The molecule has 4 rings (SSSR count). The molecule has 2 unspecified atom stereocenters. The maximum absolute atomic E-state index is 13.0. The second kappa shape index (κ2) is 11.7. The summed E-state index contributed by atoms with van der Waals surface area (Å²) in [6.45, 7) is 2.67. The van der Waals surface area contributed by atoms with E-state index in [-0.39, 0.29) is 40.1 Å². The normalized spacial score (nSPS) is 23.6. The Kier molecular flexibility index (Phi) is 8.54. The molecule has 1 aromatic heterocycles. The van der Waals surface area contributed by atoms with Gasteiger partial charge in [0.05, 0.1) is 6.17 Å².